The first-order chi connectivity index (χ1) is 13.0. The summed E-state index contributed by atoms with van der Waals surface area (Å²) >= 11 is 1.60. The number of amides is 1. The Morgan fingerprint density at radius 3 is 2.67 bits per heavy atom. The summed E-state index contributed by atoms with van der Waals surface area (Å²) in [5.41, 5.74) is 4.78. The highest BCUT2D eigenvalue weighted by Crippen LogP contribution is 2.29. The van der Waals surface area contributed by atoms with E-state index in [4.69, 9.17) is 4.74 Å². The molecule has 1 aliphatic rings. The van der Waals surface area contributed by atoms with Crippen LogP contribution in [0.25, 0.3) is 10.4 Å². The van der Waals surface area contributed by atoms with Crippen LogP contribution in [0, 0.1) is 12.8 Å². The fourth-order valence-electron chi connectivity index (χ4n) is 3.33. The van der Waals surface area contributed by atoms with Crippen LogP contribution in [0.4, 0.5) is 0 Å². The van der Waals surface area contributed by atoms with Gasteiger partial charge >= 0.3 is 5.97 Å². The number of esters is 1. The van der Waals surface area contributed by atoms with E-state index < -0.39 is 6.04 Å². The normalized spacial score (nSPS) is 20.3. The Labute approximate surface area is 163 Å². The quantitative estimate of drug-likeness (QED) is 0.745. The molecule has 2 N–H and O–H groups in total. The molecule has 3 rings (SSSR count). The second-order valence-electron chi connectivity index (χ2n) is 7.03. The number of hydrogen-bond donors (Lipinski definition) is 2. The van der Waals surface area contributed by atoms with Gasteiger partial charge in [0.25, 0.3) is 0 Å². The molecule has 0 aliphatic carbocycles. The molecular formula is C20H25N3O3S. The number of nitrogens with one attached hydrogen (secondary N) is 2. The SMILES string of the molecule is COC(=O)C[C@H](NC(=O)[C@@H]1C[C@@H](C)CN1)c1ccc(-c2scnc2C)cc1. The molecule has 3 atom stereocenters. The molecule has 2 heterocycles. The fourth-order valence-corrected chi connectivity index (χ4v) is 4.14. The topological polar surface area (TPSA) is 80.3 Å². The molecule has 1 saturated heterocycles. The van der Waals surface area contributed by atoms with Gasteiger partial charge in [-0.15, -0.1) is 11.3 Å². The van der Waals surface area contributed by atoms with Gasteiger partial charge in [0.2, 0.25) is 5.91 Å². The summed E-state index contributed by atoms with van der Waals surface area (Å²) in [7, 11) is 1.36. The van der Waals surface area contributed by atoms with E-state index in [1.807, 2.05) is 36.7 Å². The minimum atomic E-state index is -0.417. The molecule has 7 heteroatoms. The van der Waals surface area contributed by atoms with Crippen LogP contribution < -0.4 is 10.6 Å². The maximum absolute atomic E-state index is 12.6. The van der Waals surface area contributed by atoms with E-state index in [1.165, 1.54) is 7.11 Å². The molecule has 1 fully saturated rings. The predicted molar refractivity (Wildman–Crippen MR) is 105 cm³/mol. The largest absolute Gasteiger partial charge is 0.469 e. The number of carbonyl (C=O) groups is 2. The van der Waals surface area contributed by atoms with Crippen molar-refractivity contribution < 1.29 is 14.3 Å². The van der Waals surface area contributed by atoms with Crippen molar-refractivity contribution >= 4 is 23.2 Å². The molecule has 0 spiro atoms. The first-order valence-electron chi connectivity index (χ1n) is 9.09. The molecule has 1 aliphatic heterocycles. The van der Waals surface area contributed by atoms with E-state index >= 15 is 0 Å². The molecule has 0 radical (unpaired) electrons. The lowest BCUT2D eigenvalue weighted by Gasteiger charge is -2.21. The molecule has 0 bridgehead atoms. The van der Waals surface area contributed by atoms with E-state index in [-0.39, 0.29) is 24.3 Å². The van der Waals surface area contributed by atoms with Gasteiger partial charge in [0.1, 0.15) is 0 Å². The zero-order chi connectivity index (χ0) is 19.4. The number of ether oxygens (including phenoxy) is 1. The number of nitrogens with zero attached hydrogens (tertiary/aromatic N) is 1. The molecule has 1 aromatic heterocycles. The van der Waals surface area contributed by atoms with Crippen LogP contribution in [-0.2, 0) is 14.3 Å². The molecule has 6 nitrogen and oxygen atoms in total. The van der Waals surface area contributed by atoms with Crippen LogP contribution >= 0.6 is 11.3 Å². The van der Waals surface area contributed by atoms with Crippen LogP contribution in [-0.4, -0.2) is 36.6 Å². The number of benzene rings is 1. The Bertz CT molecular complexity index is 803. The van der Waals surface area contributed by atoms with Gasteiger partial charge in [-0.05, 0) is 36.9 Å². The molecular weight excluding hydrogens is 362 g/mol. The summed E-state index contributed by atoms with van der Waals surface area (Å²) in [5.74, 6) is 0.0489. The Balaban J connectivity index is 1.77. The van der Waals surface area contributed by atoms with Gasteiger partial charge in [-0.1, -0.05) is 31.2 Å². The van der Waals surface area contributed by atoms with Crippen LogP contribution in [0.5, 0.6) is 0 Å². The molecule has 27 heavy (non-hydrogen) atoms. The van der Waals surface area contributed by atoms with Crippen molar-refractivity contribution in [2.75, 3.05) is 13.7 Å². The smallest absolute Gasteiger partial charge is 0.307 e. The second kappa shape index (κ2) is 8.63. The van der Waals surface area contributed by atoms with Crippen molar-refractivity contribution in [1.82, 2.24) is 15.6 Å². The van der Waals surface area contributed by atoms with Crippen LogP contribution in [0.15, 0.2) is 29.8 Å². The van der Waals surface area contributed by atoms with Crippen LogP contribution in [0.2, 0.25) is 0 Å². The molecule has 0 saturated carbocycles. The summed E-state index contributed by atoms with van der Waals surface area (Å²) in [6.45, 7) is 4.94. The van der Waals surface area contributed by atoms with Gasteiger partial charge in [0.05, 0.1) is 41.7 Å². The van der Waals surface area contributed by atoms with Crippen molar-refractivity contribution in [3.63, 3.8) is 0 Å². The maximum atomic E-state index is 12.6. The Hall–Kier alpha value is -2.25. The van der Waals surface area contributed by atoms with E-state index in [2.05, 4.69) is 22.5 Å². The minimum absolute atomic E-state index is 0.0735. The Kier molecular flexibility index (Phi) is 6.23. The number of aryl methyl sites for hydroxylation is 1. The number of rotatable bonds is 6. The first kappa shape index (κ1) is 19.5. The zero-order valence-corrected chi connectivity index (χ0v) is 16.6. The molecule has 2 aromatic rings. The summed E-state index contributed by atoms with van der Waals surface area (Å²) in [6.07, 6.45) is 0.907. The van der Waals surface area contributed by atoms with Crippen molar-refractivity contribution in [3.05, 3.63) is 41.0 Å². The number of hydrogen-bond acceptors (Lipinski definition) is 6. The lowest BCUT2D eigenvalue weighted by atomic mass is 10.00. The van der Waals surface area contributed by atoms with Crippen molar-refractivity contribution in [2.24, 2.45) is 5.92 Å². The van der Waals surface area contributed by atoms with Crippen molar-refractivity contribution in [2.45, 2.75) is 38.8 Å². The predicted octanol–water partition coefficient (Wildman–Crippen LogP) is 2.84. The average molecular weight is 388 g/mol. The molecule has 1 aromatic carbocycles. The van der Waals surface area contributed by atoms with E-state index in [9.17, 15) is 9.59 Å². The summed E-state index contributed by atoms with van der Waals surface area (Å²) in [4.78, 5) is 29.9. The minimum Gasteiger partial charge on any atom is -0.469 e. The maximum Gasteiger partial charge on any atom is 0.307 e. The third-order valence-corrected chi connectivity index (χ3v) is 5.88. The highest BCUT2D eigenvalue weighted by Gasteiger charge is 2.29. The van der Waals surface area contributed by atoms with Gasteiger partial charge in [-0.2, -0.15) is 0 Å². The van der Waals surface area contributed by atoms with Gasteiger partial charge in [-0.25, -0.2) is 4.98 Å². The van der Waals surface area contributed by atoms with Crippen LogP contribution in [0.1, 0.15) is 37.1 Å². The van der Waals surface area contributed by atoms with Gasteiger partial charge in [0, 0.05) is 0 Å². The van der Waals surface area contributed by atoms with E-state index in [0.717, 1.165) is 34.7 Å². The number of methoxy groups -OCH3 is 1. The van der Waals surface area contributed by atoms with Gasteiger partial charge in [0.15, 0.2) is 0 Å². The van der Waals surface area contributed by atoms with Gasteiger partial charge < -0.3 is 15.4 Å². The van der Waals surface area contributed by atoms with Gasteiger partial charge in [-0.3, -0.25) is 9.59 Å². The van der Waals surface area contributed by atoms with Crippen molar-refractivity contribution in [1.29, 1.82) is 0 Å². The van der Waals surface area contributed by atoms with E-state index in [1.54, 1.807) is 11.3 Å². The highest BCUT2D eigenvalue weighted by molar-refractivity contribution is 7.13. The highest BCUT2D eigenvalue weighted by atomic mass is 32.1. The summed E-state index contributed by atoms with van der Waals surface area (Å²) in [5, 5.41) is 6.24. The molecule has 0 unspecified atom stereocenters. The number of aromatic nitrogens is 1. The monoisotopic (exact) mass is 387 g/mol. The van der Waals surface area contributed by atoms with E-state index in [0.29, 0.717) is 5.92 Å². The standard InChI is InChI=1S/C20H25N3O3S/c1-12-8-17(21-10-12)20(25)23-16(9-18(24)26-3)14-4-6-15(7-5-14)19-13(2)22-11-27-19/h4-7,11-12,16-17,21H,8-10H2,1-3H3,(H,23,25)/t12-,16+,17+/m1/s1. The second-order valence-corrected chi connectivity index (χ2v) is 7.89. The lowest BCUT2D eigenvalue weighted by molar-refractivity contribution is -0.141. The number of carbonyl (C=O) groups excluding carboxylic acids is 2. The summed E-state index contributed by atoms with van der Waals surface area (Å²) in [6, 6.07) is 7.28. The zero-order valence-electron chi connectivity index (χ0n) is 15.8. The molecule has 1 amide bonds. The Morgan fingerprint density at radius 1 is 1.37 bits per heavy atom. The Morgan fingerprint density at radius 2 is 2.11 bits per heavy atom. The lowest BCUT2D eigenvalue weighted by Crippen LogP contribution is -2.42. The number of thiazole rings is 1. The molecule has 144 valence electrons. The third kappa shape index (κ3) is 4.73. The average Bonchev–Trinajstić information content (AvgIpc) is 3.29. The summed E-state index contributed by atoms with van der Waals surface area (Å²) < 4.78 is 4.81. The van der Waals surface area contributed by atoms with Crippen LogP contribution in [0.3, 0.4) is 0 Å². The first-order valence-corrected chi connectivity index (χ1v) is 9.97. The fraction of sp³-hybridized carbons (Fsp3) is 0.450. The third-order valence-electron chi connectivity index (χ3n) is 4.90. The van der Waals surface area contributed by atoms with Crippen molar-refractivity contribution in [3.8, 4) is 10.4 Å².